The van der Waals surface area contributed by atoms with Crippen LogP contribution in [0.1, 0.15) is 25.3 Å². The lowest BCUT2D eigenvalue weighted by atomic mass is 10.00. The summed E-state index contributed by atoms with van der Waals surface area (Å²) in [4.78, 5) is 14.4. The molecule has 48 heavy (non-hydrogen) atoms. The molecule has 0 atom stereocenters. The number of methoxy groups -OCH3 is 1. The number of benzene rings is 3. The van der Waals surface area contributed by atoms with Gasteiger partial charge in [0, 0.05) is 61.0 Å². The molecule has 0 saturated carbocycles. The van der Waals surface area contributed by atoms with Crippen LogP contribution in [0.5, 0.6) is 5.75 Å². The van der Waals surface area contributed by atoms with Crippen molar-refractivity contribution in [1.82, 2.24) is 14.9 Å². The molecular weight excluding hydrogens is 694 g/mol. The first-order valence-corrected chi connectivity index (χ1v) is 19.8. The molecule has 0 unspecified atom stereocenters. The Morgan fingerprint density at radius 3 is 2.46 bits per heavy atom. The molecule has 0 bridgehead atoms. The van der Waals surface area contributed by atoms with E-state index in [2.05, 4.69) is 60.4 Å². The first-order valence-electron chi connectivity index (χ1n) is 16.4. The smallest absolute Gasteiger partial charge is 0.229 e. The lowest BCUT2D eigenvalue weighted by molar-refractivity contribution is 0.0115. The Morgan fingerprint density at radius 1 is 1.02 bits per heavy atom. The number of ether oxygens (including phenoxy) is 2. The summed E-state index contributed by atoms with van der Waals surface area (Å²) in [5, 5.41) is 7.32. The van der Waals surface area contributed by atoms with Gasteiger partial charge in [-0.25, -0.2) is 9.37 Å². The Hall–Kier alpha value is -3.50. The van der Waals surface area contributed by atoms with Crippen LogP contribution in [-0.2, 0) is 15.7 Å². The zero-order valence-corrected chi connectivity index (χ0v) is 30.4. The predicted octanol–water partition coefficient (Wildman–Crippen LogP) is 7.65. The highest BCUT2D eigenvalue weighted by Gasteiger charge is 2.27. The zero-order chi connectivity index (χ0) is 33.8. The fraction of sp³-hybridized carbons (Fsp3) is 0.389. The second-order valence-electron chi connectivity index (χ2n) is 12.6. The van der Waals surface area contributed by atoms with Gasteiger partial charge in [0.1, 0.15) is 24.5 Å². The van der Waals surface area contributed by atoms with Crippen molar-refractivity contribution in [3.63, 3.8) is 0 Å². The largest absolute Gasteiger partial charge is 0.494 e. The monoisotopic (exact) mass is 736 g/mol. The number of rotatable bonds is 10. The first kappa shape index (κ1) is 34.4. The second-order valence-corrected chi connectivity index (χ2v) is 16.6. The lowest BCUT2D eigenvalue weighted by Crippen LogP contribution is -2.49. The van der Waals surface area contributed by atoms with Crippen molar-refractivity contribution in [1.29, 1.82) is 0 Å². The van der Waals surface area contributed by atoms with Crippen molar-refractivity contribution < 1.29 is 18.4 Å². The van der Waals surface area contributed by atoms with Gasteiger partial charge >= 0.3 is 0 Å². The number of halogens is 2. The van der Waals surface area contributed by atoms with E-state index in [1.807, 2.05) is 12.1 Å². The molecule has 1 aromatic heterocycles. The van der Waals surface area contributed by atoms with Gasteiger partial charge in [0.2, 0.25) is 5.95 Å². The van der Waals surface area contributed by atoms with Gasteiger partial charge in [0.05, 0.1) is 36.2 Å². The molecule has 0 amide bonds. The third-order valence-corrected chi connectivity index (χ3v) is 11.3. The van der Waals surface area contributed by atoms with Gasteiger partial charge in [0.25, 0.3) is 0 Å². The summed E-state index contributed by atoms with van der Waals surface area (Å²) in [5.74, 6) is 1.25. The molecule has 3 heterocycles. The van der Waals surface area contributed by atoms with Gasteiger partial charge < -0.3 is 29.6 Å². The van der Waals surface area contributed by atoms with E-state index in [0.29, 0.717) is 50.1 Å². The number of aromatic nitrogens is 2. The zero-order valence-electron chi connectivity index (χ0n) is 27.9. The Balaban J connectivity index is 1.23. The van der Waals surface area contributed by atoms with Crippen molar-refractivity contribution in [3.8, 4) is 16.9 Å². The highest BCUT2D eigenvalue weighted by molar-refractivity contribution is 9.10. The number of aryl methyl sites for hydroxylation is 1. The molecule has 4 aromatic rings. The van der Waals surface area contributed by atoms with Gasteiger partial charge in [-0.15, -0.1) is 0 Å². The third kappa shape index (κ3) is 7.70. The van der Waals surface area contributed by atoms with E-state index in [0.717, 1.165) is 64.3 Å². The average Bonchev–Trinajstić information content (AvgIpc) is 3.10. The summed E-state index contributed by atoms with van der Waals surface area (Å²) in [6, 6.07) is 16.9. The van der Waals surface area contributed by atoms with Crippen LogP contribution < -0.4 is 25.6 Å². The maximum absolute atomic E-state index is 14.6. The maximum Gasteiger partial charge on any atom is 0.229 e. The highest BCUT2D eigenvalue weighted by Crippen LogP contribution is 2.41. The molecule has 9 nitrogen and oxygen atoms in total. The van der Waals surface area contributed by atoms with Crippen LogP contribution in [0.4, 0.5) is 33.2 Å². The van der Waals surface area contributed by atoms with E-state index >= 15 is 0 Å². The quantitative estimate of drug-likeness (QED) is 0.159. The van der Waals surface area contributed by atoms with Crippen LogP contribution in [0.3, 0.4) is 0 Å². The van der Waals surface area contributed by atoms with Gasteiger partial charge in [0.15, 0.2) is 0 Å². The van der Waals surface area contributed by atoms with Crippen molar-refractivity contribution in [2.24, 2.45) is 0 Å². The van der Waals surface area contributed by atoms with Crippen LogP contribution in [0.15, 0.2) is 65.3 Å². The number of nitrogens with zero attached hydrogens (tertiary/aromatic N) is 4. The van der Waals surface area contributed by atoms with E-state index in [-0.39, 0.29) is 5.82 Å². The summed E-state index contributed by atoms with van der Waals surface area (Å²) in [6.07, 6.45) is 4.80. The molecule has 254 valence electrons. The minimum absolute atomic E-state index is 0.330. The number of anilines is 5. The third-order valence-electron chi connectivity index (χ3n) is 9.16. The molecular formula is C36H43BrFN6O3P. The van der Waals surface area contributed by atoms with Crippen molar-refractivity contribution in [2.75, 3.05) is 75.4 Å². The second kappa shape index (κ2) is 14.9. The van der Waals surface area contributed by atoms with E-state index in [1.165, 1.54) is 17.3 Å². The van der Waals surface area contributed by atoms with Crippen LogP contribution >= 0.6 is 23.1 Å². The Bertz CT molecular complexity index is 1810. The van der Waals surface area contributed by atoms with E-state index < -0.39 is 7.14 Å². The number of hydrogen-bond donors (Lipinski definition) is 2. The normalized spacial score (nSPS) is 16.2. The Labute approximate surface area is 290 Å². The van der Waals surface area contributed by atoms with Crippen molar-refractivity contribution in [3.05, 3.63) is 76.6 Å². The molecule has 0 spiro atoms. The Kier molecular flexibility index (Phi) is 10.7. The fourth-order valence-corrected chi connectivity index (χ4v) is 8.03. The maximum atomic E-state index is 14.6. The van der Waals surface area contributed by atoms with E-state index in [9.17, 15) is 8.96 Å². The molecule has 2 aliphatic heterocycles. The number of morpholine rings is 1. The highest BCUT2D eigenvalue weighted by atomic mass is 79.9. The topological polar surface area (TPSA) is 91.8 Å². The molecule has 12 heteroatoms. The minimum atomic E-state index is -2.77. The van der Waals surface area contributed by atoms with Crippen LogP contribution in [0.25, 0.3) is 11.1 Å². The summed E-state index contributed by atoms with van der Waals surface area (Å²) in [7, 11) is -1.09. The summed E-state index contributed by atoms with van der Waals surface area (Å²) < 4.78 is 40.1. The van der Waals surface area contributed by atoms with Gasteiger partial charge in [-0.3, -0.25) is 4.90 Å². The molecule has 2 aliphatic rings. The number of piperidine rings is 1. The standard InChI is InChI=1S/C36H43BrFN6O3P/c1-5-24-20-31(33(46-2)22-32(24)44-14-12-26(13-15-44)43-16-18-47-19-17-43)41-36-39-23-28(37)35(42-36)40-30-11-10-25(21-34(30)48(3,4)45)27-8-6-7-9-29(27)38/h6-11,20-23,26H,5,12-19H2,1-4H3,(H2,39,40,41,42). The van der Waals surface area contributed by atoms with Crippen molar-refractivity contribution in [2.45, 2.75) is 32.2 Å². The SMILES string of the molecule is CCc1cc(Nc2ncc(Br)c(Nc3ccc(-c4ccccc4F)cc3P(C)(C)=O)n2)c(OC)cc1N1CCC(N2CCOCC2)CC1. The van der Waals surface area contributed by atoms with Gasteiger partial charge in [-0.1, -0.05) is 31.2 Å². The van der Waals surface area contributed by atoms with Gasteiger partial charge in [-0.2, -0.15) is 4.98 Å². The number of nitrogens with one attached hydrogen (secondary N) is 2. The molecule has 2 N–H and O–H groups in total. The van der Waals surface area contributed by atoms with Crippen LogP contribution in [0.2, 0.25) is 0 Å². The lowest BCUT2D eigenvalue weighted by Gasteiger charge is -2.41. The summed E-state index contributed by atoms with van der Waals surface area (Å²) >= 11 is 3.57. The predicted molar refractivity (Wildman–Crippen MR) is 197 cm³/mol. The first-order chi connectivity index (χ1) is 23.1. The molecule has 0 radical (unpaired) electrons. The van der Waals surface area contributed by atoms with E-state index in [1.54, 1.807) is 50.9 Å². The minimum Gasteiger partial charge on any atom is -0.494 e. The molecule has 0 aliphatic carbocycles. The molecule has 3 aromatic carbocycles. The van der Waals surface area contributed by atoms with E-state index in [4.69, 9.17) is 14.5 Å². The summed E-state index contributed by atoms with van der Waals surface area (Å²) in [5.41, 5.74) is 4.94. The van der Waals surface area contributed by atoms with Crippen LogP contribution in [-0.4, -0.2) is 80.7 Å². The Morgan fingerprint density at radius 2 is 1.77 bits per heavy atom. The van der Waals surface area contributed by atoms with Crippen LogP contribution in [0, 0.1) is 5.82 Å². The number of hydrogen-bond acceptors (Lipinski definition) is 9. The average molecular weight is 738 g/mol. The molecule has 2 fully saturated rings. The fourth-order valence-electron chi connectivity index (χ4n) is 6.58. The molecule has 2 saturated heterocycles. The van der Waals surface area contributed by atoms with Crippen molar-refractivity contribution >= 4 is 57.2 Å². The molecule has 6 rings (SSSR count). The van der Waals surface area contributed by atoms with Gasteiger partial charge in [-0.05, 0) is 83.9 Å². The summed E-state index contributed by atoms with van der Waals surface area (Å²) in [6.45, 7) is 11.3.